The number of hydrogen-bond acceptors (Lipinski definition) is 7. The molecular formula is C5H5Na3O8. The van der Waals surface area contributed by atoms with Crippen molar-refractivity contribution in [1.29, 1.82) is 0 Å². The Labute approximate surface area is 157 Å². The summed E-state index contributed by atoms with van der Waals surface area (Å²) in [5.74, 6) is -5.45. The van der Waals surface area contributed by atoms with Gasteiger partial charge in [0, 0.05) is 5.97 Å². The van der Waals surface area contributed by atoms with Crippen molar-refractivity contribution in [2.45, 2.75) is 6.92 Å². The molecule has 0 aliphatic heterocycles. The molecule has 1 N–H and O–H groups in total. The molecule has 0 atom stereocenters. The molecule has 0 saturated heterocycles. The van der Waals surface area contributed by atoms with Crippen LogP contribution >= 0.6 is 0 Å². The molecule has 0 unspecified atom stereocenters. The minimum absolute atomic E-state index is 0. The fraction of sp³-hybridized carbons (Fsp3) is 0.200. The molecule has 0 aliphatic carbocycles. The molecule has 16 heavy (non-hydrogen) atoms. The van der Waals surface area contributed by atoms with Gasteiger partial charge in [0.05, 0.1) is 11.9 Å². The topological polar surface area (TPSA) is 158 Å². The molecule has 0 fully saturated rings. The van der Waals surface area contributed by atoms with Gasteiger partial charge < -0.3 is 34.8 Å². The molecule has 0 aromatic carbocycles. The Balaban J connectivity index is -0.0000000226. The smallest absolute Gasteiger partial charge is 0.550 e. The molecule has 0 aromatic heterocycles. The van der Waals surface area contributed by atoms with Gasteiger partial charge in [0.2, 0.25) is 0 Å². The summed E-state index contributed by atoms with van der Waals surface area (Å²) in [6.07, 6.45) is 0. The van der Waals surface area contributed by atoms with E-state index >= 15 is 0 Å². The van der Waals surface area contributed by atoms with Crippen LogP contribution in [-0.4, -0.2) is 29.5 Å². The Bertz CT molecular complexity index is 178. The summed E-state index contributed by atoms with van der Waals surface area (Å²) in [5.41, 5.74) is 0. The van der Waals surface area contributed by atoms with Gasteiger partial charge in [-0.3, -0.25) is 4.79 Å². The number of hydrogen-bond donors (Lipinski definition) is 1. The van der Waals surface area contributed by atoms with Crippen molar-refractivity contribution in [2.24, 2.45) is 0 Å². The number of carbonyl (C=O) groups excluding carboxylic acids is 3. The van der Waals surface area contributed by atoms with Crippen LogP contribution in [0, 0.1) is 0 Å². The zero-order chi connectivity index (χ0) is 11.4. The normalized spacial score (nSPS) is 5.06. The molecule has 0 amide bonds. The monoisotopic (exact) mass is 262 g/mol. The van der Waals surface area contributed by atoms with E-state index in [0.29, 0.717) is 0 Å². The van der Waals surface area contributed by atoms with Crippen molar-refractivity contribution in [3.63, 3.8) is 0 Å². The van der Waals surface area contributed by atoms with Crippen LogP contribution < -0.4 is 104 Å². The first kappa shape index (κ1) is 36.0. The second-order valence-electron chi connectivity index (χ2n) is 1.17. The minimum Gasteiger partial charge on any atom is -0.550 e. The Morgan fingerprint density at radius 2 is 1.00 bits per heavy atom. The average molecular weight is 262 g/mol. The molecule has 0 aromatic rings. The van der Waals surface area contributed by atoms with Crippen LogP contribution in [0.4, 0.5) is 0 Å². The fourth-order valence-corrected chi connectivity index (χ4v) is 0. The van der Waals surface area contributed by atoms with Gasteiger partial charge in [0.1, 0.15) is 0 Å². The van der Waals surface area contributed by atoms with Crippen LogP contribution in [0.3, 0.4) is 0 Å². The van der Waals surface area contributed by atoms with E-state index in [2.05, 4.69) is 0 Å². The van der Waals surface area contributed by atoms with Gasteiger partial charge in [0.25, 0.3) is 6.47 Å². The third-order valence-electron chi connectivity index (χ3n) is 0.167. The van der Waals surface area contributed by atoms with Crippen LogP contribution in [0.2, 0.25) is 0 Å². The molecule has 0 rings (SSSR count). The van der Waals surface area contributed by atoms with Crippen molar-refractivity contribution in [1.82, 2.24) is 0 Å². The fourth-order valence-electron chi connectivity index (χ4n) is 0. The molecule has 76 valence electrons. The van der Waals surface area contributed by atoms with Crippen molar-refractivity contribution in [2.75, 3.05) is 0 Å². The molecule has 0 spiro atoms. The SMILES string of the molecule is CC(=O)[O-].O=C([O-])C(=O)[O-].O=CO.[Na+].[Na+].[Na+]. The molecule has 0 heterocycles. The van der Waals surface area contributed by atoms with Crippen LogP contribution in [0.5, 0.6) is 0 Å². The van der Waals surface area contributed by atoms with Gasteiger partial charge in [0.15, 0.2) is 0 Å². The third kappa shape index (κ3) is 120. The molecule has 0 radical (unpaired) electrons. The summed E-state index contributed by atoms with van der Waals surface area (Å²) in [6.45, 7) is 0.722. The maximum Gasteiger partial charge on any atom is 1.00 e. The zero-order valence-corrected chi connectivity index (χ0v) is 15.4. The standard InChI is InChI=1S/C2H2O4.C2H4O2.CH2O2.3Na/c3-1(4)2(5)6;1-2(3)4;2-1-3;;;/h(H,3,4)(H,5,6);1H3,(H,3,4);1H,(H,2,3);;;/q;;;3*+1/p-3. The Morgan fingerprint density at radius 3 is 1.00 bits per heavy atom. The summed E-state index contributed by atoms with van der Waals surface area (Å²) in [7, 11) is 0. The maximum absolute atomic E-state index is 8.93. The number of rotatable bonds is 0. The third-order valence-corrected chi connectivity index (χ3v) is 0.167. The maximum atomic E-state index is 8.93. The summed E-state index contributed by atoms with van der Waals surface area (Å²) in [4.78, 5) is 35.1. The summed E-state index contributed by atoms with van der Waals surface area (Å²) in [6, 6.07) is 0. The average Bonchev–Trinajstić information content (AvgIpc) is 1.87. The van der Waals surface area contributed by atoms with E-state index in [9.17, 15) is 0 Å². The van der Waals surface area contributed by atoms with Crippen LogP contribution in [-0.2, 0) is 19.2 Å². The molecule has 8 nitrogen and oxygen atoms in total. The van der Waals surface area contributed by atoms with Crippen molar-refractivity contribution in [3.05, 3.63) is 0 Å². The van der Waals surface area contributed by atoms with E-state index in [1.54, 1.807) is 0 Å². The second-order valence-corrected chi connectivity index (χ2v) is 1.17. The molecule has 0 aliphatic rings. The number of carbonyl (C=O) groups is 4. The molecule has 0 saturated carbocycles. The predicted octanol–water partition coefficient (Wildman–Crippen LogP) is -14.0. The van der Waals surface area contributed by atoms with Crippen LogP contribution in [0.15, 0.2) is 0 Å². The Hall–Kier alpha value is 0.880. The van der Waals surface area contributed by atoms with Gasteiger partial charge in [-0.1, -0.05) is 0 Å². The second kappa shape index (κ2) is 29.7. The summed E-state index contributed by atoms with van der Waals surface area (Å²) < 4.78 is 0. The molecular weight excluding hydrogens is 257 g/mol. The van der Waals surface area contributed by atoms with Crippen molar-refractivity contribution in [3.8, 4) is 0 Å². The van der Waals surface area contributed by atoms with E-state index in [4.69, 9.17) is 39.6 Å². The predicted molar refractivity (Wildman–Crippen MR) is 29.4 cm³/mol. The first-order valence-corrected chi connectivity index (χ1v) is 2.47. The number of carboxylic acid groups (broad SMARTS) is 4. The first-order chi connectivity index (χ1) is 5.79. The first-order valence-electron chi connectivity index (χ1n) is 2.47. The van der Waals surface area contributed by atoms with Crippen molar-refractivity contribution >= 4 is 24.4 Å². The van der Waals surface area contributed by atoms with Gasteiger partial charge >= 0.3 is 88.7 Å². The van der Waals surface area contributed by atoms with Gasteiger partial charge in [-0.2, -0.15) is 0 Å². The number of aliphatic carboxylic acids is 3. The molecule has 0 bridgehead atoms. The number of carboxylic acids is 3. The quantitative estimate of drug-likeness (QED) is 0.256. The summed E-state index contributed by atoms with van der Waals surface area (Å²) >= 11 is 0. The zero-order valence-electron chi connectivity index (χ0n) is 9.38. The summed E-state index contributed by atoms with van der Waals surface area (Å²) in [5, 5.41) is 33.6. The van der Waals surface area contributed by atoms with Gasteiger partial charge in [-0.15, -0.1) is 0 Å². The minimum atomic E-state index is -2.19. The van der Waals surface area contributed by atoms with Crippen LogP contribution in [0.25, 0.3) is 0 Å². The van der Waals surface area contributed by atoms with E-state index in [1.165, 1.54) is 0 Å². The van der Waals surface area contributed by atoms with Gasteiger partial charge in [-0.05, 0) is 6.92 Å². The Morgan fingerprint density at radius 1 is 0.938 bits per heavy atom. The van der Waals surface area contributed by atoms with Crippen LogP contribution in [0.1, 0.15) is 6.92 Å². The van der Waals surface area contributed by atoms with Crippen molar-refractivity contribution < 1.29 is 128 Å². The Kier molecular flexibility index (Phi) is 66.8. The molecule has 11 heteroatoms. The van der Waals surface area contributed by atoms with E-state index in [0.717, 1.165) is 6.92 Å². The largest absolute Gasteiger partial charge is 1.00 e. The van der Waals surface area contributed by atoms with Gasteiger partial charge in [-0.25, -0.2) is 0 Å². The van der Waals surface area contributed by atoms with E-state index in [1.807, 2.05) is 0 Å². The van der Waals surface area contributed by atoms with E-state index in [-0.39, 0.29) is 95.1 Å². The van der Waals surface area contributed by atoms with E-state index < -0.39 is 17.9 Å².